The highest BCUT2D eigenvalue weighted by molar-refractivity contribution is 6.74. The van der Waals surface area contributed by atoms with E-state index in [2.05, 4.69) is 38.6 Å². The molecule has 0 rings (SSSR count). The summed E-state index contributed by atoms with van der Waals surface area (Å²) in [5.41, 5.74) is 4.79. The molecule has 6 heteroatoms. The minimum atomic E-state index is -1.86. The summed E-state index contributed by atoms with van der Waals surface area (Å²) in [5.74, 6) is 0. The number of hydrogen-bond acceptors (Lipinski definition) is 4. The number of aliphatic hydroxyl groups excluding tert-OH is 1. The highest BCUT2D eigenvalue weighted by atomic mass is 28.4. The minimum absolute atomic E-state index is 0.0945. The van der Waals surface area contributed by atoms with Crippen LogP contribution in [0.15, 0.2) is 0 Å². The average Bonchev–Trinajstić information content (AvgIpc) is 2.09. The van der Waals surface area contributed by atoms with Crippen LogP contribution < -0.4 is 5.73 Å². The Morgan fingerprint density at radius 3 is 2.25 bits per heavy atom. The SMILES string of the molecule is CC(C)(C)[Si](C)(C)OCC(O)COC(N)=O. The lowest BCUT2D eigenvalue weighted by molar-refractivity contribution is 0.0382. The molecule has 0 aromatic rings. The summed E-state index contributed by atoms with van der Waals surface area (Å²) in [5, 5.41) is 9.59. The predicted molar refractivity (Wildman–Crippen MR) is 64.7 cm³/mol. The summed E-state index contributed by atoms with van der Waals surface area (Å²) in [7, 11) is -1.86. The van der Waals surface area contributed by atoms with E-state index in [4.69, 9.17) is 10.2 Å². The standard InChI is InChI=1S/C10H23NO4Si/c1-10(2,3)16(4,5)15-7-8(12)6-14-9(11)13/h8,12H,6-7H2,1-5H3,(H2,11,13). The summed E-state index contributed by atoms with van der Waals surface area (Å²) in [4.78, 5) is 10.3. The van der Waals surface area contributed by atoms with Crippen molar-refractivity contribution in [3.63, 3.8) is 0 Å². The van der Waals surface area contributed by atoms with Crippen LogP contribution >= 0.6 is 0 Å². The van der Waals surface area contributed by atoms with Gasteiger partial charge in [0.2, 0.25) is 0 Å². The third kappa shape index (κ3) is 5.48. The number of aliphatic hydroxyl groups is 1. The Hall–Kier alpha value is -0.593. The van der Waals surface area contributed by atoms with Gasteiger partial charge in [0.25, 0.3) is 0 Å². The monoisotopic (exact) mass is 249 g/mol. The second-order valence-corrected chi connectivity index (χ2v) is 10.2. The first kappa shape index (κ1) is 15.4. The van der Waals surface area contributed by atoms with Gasteiger partial charge in [-0.25, -0.2) is 4.79 Å². The number of nitrogens with two attached hydrogens (primary N) is 1. The van der Waals surface area contributed by atoms with E-state index >= 15 is 0 Å². The minimum Gasteiger partial charge on any atom is -0.447 e. The zero-order chi connectivity index (χ0) is 13.0. The molecule has 0 saturated carbocycles. The fourth-order valence-corrected chi connectivity index (χ4v) is 1.79. The van der Waals surface area contributed by atoms with Crippen molar-refractivity contribution in [2.45, 2.75) is 45.0 Å². The van der Waals surface area contributed by atoms with Crippen LogP contribution in [-0.4, -0.2) is 38.8 Å². The molecule has 0 aromatic heterocycles. The summed E-state index contributed by atoms with van der Waals surface area (Å²) in [6.45, 7) is 10.6. The second-order valence-electron chi connectivity index (χ2n) is 5.36. The van der Waals surface area contributed by atoms with E-state index in [1.807, 2.05) is 0 Å². The van der Waals surface area contributed by atoms with E-state index in [0.29, 0.717) is 0 Å². The Labute approximate surface area is 98.1 Å². The van der Waals surface area contributed by atoms with E-state index in [1.54, 1.807) is 0 Å². The van der Waals surface area contributed by atoms with Crippen LogP contribution in [-0.2, 0) is 9.16 Å². The maximum Gasteiger partial charge on any atom is 0.404 e. The van der Waals surface area contributed by atoms with Gasteiger partial charge in [0.15, 0.2) is 8.32 Å². The van der Waals surface area contributed by atoms with Crippen molar-refractivity contribution in [1.82, 2.24) is 0 Å². The molecule has 0 radical (unpaired) electrons. The molecule has 96 valence electrons. The number of rotatable bonds is 5. The van der Waals surface area contributed by atoms with Crippen LogP contribution in [0.3, 0.4) is 0 Å². The molecule has 1 atom stereocenters. The van der Waals surface area contributed by atoms with Crippen molar-refractivity contribution < 1.29 is 19.1 Å². The third-order valence-corrected chi connectivity index (χ3v) is 7.36. The lowest BCUT2D eigenvalue weighted by Crippen LogP contribution is -2.43. The lowest BCUT2D eigenvalue weighted by atomic mass is 10.2. The molecular weight excluding hydrogens is 226 g/mol. The summed E-state index contributed by atoms with van der Waals surface area (Å²) >= 11 is 0. The average molecular weight is 249 g/mol. The van der Waals surface area contributed by atoms with Gasteiger partial charge >= 0.3 is 6.09 Å². The molecular formula is C10H23NO4Si. The zero-order valence-electron chi connectivity index (χ0n) is 10.7. The van der Waals surface area contributed by atoms with Gasteiger partial charge in [-0.1, -0.05) is 20.8 Å². The normalized spacial score (nSPS) is 14.6. The predicted octanol–water partition coefficient (Wildman–Crippen LogP) is 1.46. The van der Waals surface area contributed by atoms with E-state index < -0.39 is 20.5 Å². The molecule has 0 saturated heterocycles. The highest BCUT2D eigenvalue weighted by Crippen LogP contribution is 2.36. The van der Waals surface area contributed by atoms with E-state index in [1.165, 1.54) is 0 Å². The molecule has 0 heterocycles. The first-order valence-electron chi connectivity index (χ1n) is 5.30. The summed E-state index contributed by atoms with van der Waals surface area (Å²) in [6.07, 6.45) is -1.70. The molecule has 0 aliphatic heterocycles. The maximum atomic E-state index is 10.3. The van der Waals surface area contributed by atoms with Gasteiger partial charge < -0.3 is 20.0 Å². The first-order valence-corrected chi connectivity index (χ1v) is 8.21. The zero-order valence-corrected chi connectivity index (χ0v) is 11.7. The van der Waals surface area contributed by atoms with Gasteiger partial charge in [-0.05, 0) is 18.1 Å². The molecule has 0 bridgehead atoms. The van der Waals surface area contributed by atoms with Gasteiger partial charge in [-0.2, -0.15) is 0 Å². The van der Waals surface area contributed by atoms with Crippen molar-refractivity contribution in [1.29, 1.82) is 0 Å². The van der Waals surface area contributed by atoms with Gasteiger partial charge in [-0.3, -0.25) is 0 Å². The van der Waals surface area contributed by atoms with Crippen LogP contribution in [0.5, 0.6) is 0 Å². The number of primary amides is 1. The van der Waals surface area contributed by atoms with Crippen LogP contribution in [0.25, 0.3) is 0 Å². The van der Waals surface area contributed by atoms with Gasteiger partial charge in [0.05, 0.1) is 6.61 Å². The lowest BCUT2D eigenvalue weighted by Gasteiger charge is -2.36. The van der Waals surface area contributed by atoms with E-state index in [9.17, 15) is 9.90 Å². The van der Waals surface area contributed by atoms with Crippen molar-refractivity contribution in [3.05, 3.63) is 0 Å². The number of carbonyl (C=O) groups excluding carboxylic acids is 1. The first-order chi connectivity index (χ1) is 7.06. The Balaban J connectivity index is 4.00. The smallest absolute Gasteiger partial charge is 0.404 e. The number of ether oxygens (including phenoxy) is 1. The quantitative estimate of drug-likeness (QED) is 0.723. The maximum absolute atomic E-state index is 10.3. The Bertz CT molecular complexity index is 237. The molecule has 16 heavy (non-hydrogen) atoms. The third-order valence-electron chi connectivity index (χ3n) is 2.86. The molecule has 0 fully saturated rings. The van der Waals surface area contributed by atoms with E-state index in [-0.39, 0.29) is 18.3 Å². The number of amides is 1. The number of carbonyl (C=O) groups is 1. The summed E-state index contributed by atoms with van der Waals surface area (Å²) < 4.78 is 10.2. The molecule has 1 unspecified atom stereocenters. The van der Waals surface area contributed by atoms with Crippen molar-refractivity contribution >= 4 is 14.4 Å². The van der Waals surface area contributed by atoms with Gasteiger partial charge in [0, 0.05) is 0 Å². The molecule has 0 aromatic carbocycles. The topological polar surface area (TPSA) is 81.8 Å². The Morgan fingerprint density at radius 2 is 1.88 bits per heavy atom. The summed E-state index contributed by atoms with van der Waals surface area (Å²) in [6, 6.07) is 0. The Morgan fingerprint density at radius 1 is 1.38 bits per heavy atom. The van der Waals surface area contributed by atoms with Gasteiger partial charge in [0.1, 0.15) is 12.7 Å². The Kier molecular flexibility index (Phi) is 5.44. The highest BCUT2D eigenvalue weighted by Gasteiger charge is 2.37. The fraction of sp³-hybridized carbons (Fsp3) is 0.900. The van der Waals surface area contributed by atoms with Crippen molar-refractivity contribution in [2.75, 3.05) is 13.2 Å². The van der Waals surface area contributed by atoms with Crippen LogP contribution in [0.2, 0.25) is 18.1 Å². The van der Waals surface area contributed by atoms with Gasteiger partial charge in [-0.15, -0.1) is 0 Å². The second kappa shape index (κ2) is 5.65. The number of hydrogen-bond donors (Lipinski definition) is 2. The van der Waals surface area contributed by atoms with E-state index in [0.717, 1.165) is 0 Å². The molecule has 0 aliphatic rings. The molecule has 5 nitrogen and oxygen atoms in total. The van der Waals surface area contributed by atoms with Crippen LogP contribution in [0.4, 0.5) is 4.79 Å². The molecule has 3 N–H and O–H groups in total. The van der Waals surface area contributed by atoms with Crippen LogP contribution in [0, 0.1) is 0 Å². The van der Waals surface area contributed by atoms with Crippen molar-refractivity contribution in [2.24, 2.45) is 5.73 Å². The largest absolute Gasteiger partial charge is 0.447 e. The molecule has 0 aliphatic carbocycles. The molecule has 0 spiro atoms. The van der Waals surface area contributed by atoms with Crippen LogP contribution in [0.1, 0.15) is 20.8 Å². The fourth-order valence-electron chi connectivity index (χ4n) is 0.747. The van der Waals surface area contributed by atoms with Crippen molar-refractivity contribution in [3.8, 4) is 0 Å². The molecule has 1 amide bonds.